The van der Waals surface area contributed by atoms with E-state index >= 15 is 0 Å². The zero-order valence-electron chi connectivity index (χ0n) is 17.9. The number of rotatable bonds is 5. The first-order valence-electron chi connectivity index (χ1n) is 10.9. The van der Waals surface area contributed by atoms with Crippen molar-refractivity contribution >= 4 is 16.9 Å². The molecule has 2 aliphatic rings. The highest BCUT2D eigenvalue weighted by atomic mass is 16.1. The van der Waals surface area contributed by atoms with Gasteiger partial charge in [0.1, 0.15) is 5.69 Å². The quantitative estimate of drug-likeness (QED) is 0.665. The standard InChI is InChI=1S/C24H27N5O2/c1-3-16-9-20-21(28-22(16)30)8-15(11-26-20)13-29-7-6-24(10-18(24)14-29)17-4-5-19(27-12-17)23(31)25-2/h4-5,8-9,11-12,18H,3,6-7,10,13-14H2,1-2H3,(H,25,31)(H,28,30). The average Bonchev–Trinajstić information content (AvgIpc) is 3.53. The van der Waals surface area contributed by atoms with Gasteiger partial charge in [-0.3, -0.25) is 24.5 Å². The third-order valence-electron chi connectivity index (χ3n) is 7.00. The van der Waals surface area contributed by atoms with Gasteiger partial charge in [-0.2, -0.15) is 0 Å². The van der Waals surface area contributed by atoms with E-state index in [1.807, 2.05) is 31.5 Å². The minimum absolute atomic E-state index is 0.0225. The molecule has 1 amide bonds. The molecule has 1 saturated carbocycles. The summed E-state index contributed by atoms with van der Waals surface area (Å²) in [5, 5.41) is 2.62. The lowest BCUT2D eigenvalue weighted by atomic mass is 9.88. The molecule has 2 fully saturated rings. The summed E-state index contributed by atoms with van der Waals surface area (Å²) in [6, 6.07) is 7.84. The van der Waals surface area contributed by atoms with Crippen LogP contribution in [0.1, 0.15) is 46.9 Å². The number of piperidine rings is 1. The molecule has 7 nitrogen and oxygen atoms in total. The number of aromatic nitrogens is 3. The largest absolute Gasteiger partial charge is 0.354 e. The molecule has 2 unspecified atom stereocenters. The highest BCUT2D eigenvalue weighted by Crippen LogP contribution is 2.59. The Morgan fingerprint density at radius 2 is 2.16 bits per heavy atom. The van der Waals surface area contributed by atoms with Crippen LogP contribution in [0.15, 0.2) is 41.5 Å². The average molecular weight is 418 g/mol. The molecule has 1 aliphatic heterocycles. The van der Waals surface area contributed by atoms with Crippen molar-refractivity contribution in [3.8, 4) is 0 Å². The van der Waals surface area contributed by atoms with Crippen molar-refractivity contribution in [2.45, 2.75) is 38.1 Å². The van der Waals surface area contributed by atoms with Gasteiger partial charge in [0.05, 0.1) is 11.0 Å². The van der Waals surface area contributed by atoms with Crippen LogP contribution in [0.5, 0.6) is 0 Å². The molecule has 2 N–H and O–H groups in total. The van der Waals surface area contributed by atoms with Crippen molar-refractivity contribution in [3.05, 3.63) is 69.4 Å². The second-order valence-electron chi connectivity index (χ2n) is 8.81. The van der Waals surface area contributed by atoms with Crippen LogP contribution >= 0.6 is 0 Å². The number of H-pyrrole nitrogens is 1. The van der Waals surface area contributed by atoms with Crippen molar-refractivity contribution in [2.75, 3.05) is 20.1 Å². The molecular formula is C24H27N5O2. The first-order chi connectivity index (χ1) is 15.0. The van der Waals surface area contributed by atoms with Gasteiger partial charge in [0.25, 0.3) is 11.5 Å². The molecule has 0 bridgehead atoms. The van der Waals surface area contributed by atoms with E-state index in [4.69, 9.17) is 0 Å². The molecule has 2 atom stereocenters. The molecular weight excluding hydrogens is 390 g/mol. The summed E-state index contributed by atoms with van der Waals surface area (Å²) in [6.07, 6.45) is 6.78. The van der Waals surface area contributed by atoms with Gasteiger partial charge in [0.15, 0.2) is 0 Å². The Morgan fingerprint density at radius 1 is 1.29 bits per heavy atom. The number of aryl methyl sites for hydroxylation is 1. The fraction of sp³-hybridized carbons (Fsp3) is 0.417. The number of hydrogen-bond acceptors (Lipinski definition) is 5. The number of fused-ring (bicyclic) bond motifs is 2. The van der Waals surface area contributed by atoms with Crippen molar-refractivity contribution < 1.29 is 4.79 Å². The lowest BCUT2D eigenvalue weighted by Crippen LogP contribution is -2.36. The Balaban J connectivity index is 1.27. The van der Waals surface area contributed by atoms with Crippen LogP contribution in [0.25, 0.3) is 11.0 Å². The summed E-state index contributed by atoms with van der Waals surface area (Å²) in [5.41, 5.74) is 5.45. The molecule has 3 aromatic heterocycles. The second kappa shape index (κ2) is 7.57. The molecule has 1 aliphatic carbocycles. The van der Waals surface area contributed by atoms with Crippen LogP contribution < -0.4 is 10.9 Å². The number of nitrogens with one attached hydrogen (secondary N) is 2. The van der Waals surface area contributed by atoms with E-state index < -0.39 is 0 Å². The molecule has 3 aromatic rings. The fourth-order valence-corrected chi connectivity index (χ4v) is 5.05. The summed E-state index contributed by atoms with van der Waals surface area (Å²) >= 11 is 0. The van der Waals surface area contributed by atoms with Gasteiger partial charge < -0.3 is 10.3 Å². The zero-order valence-corrected chi connectivity index (χ0v) is 17.9. The third kappa shape index (κ3) is 3.53. The maximum absolute atomic E-state index is 12.1. The maximum Gasteiger partial charge on any atom is 0.269 e. The van der Waals surface area contributed by atoms with Gasteiger partial charge in [0, 0.05) is 43.5 Å². The van der Waals surface area contributed by atoms with Gasteiger partial charge in [-0.1, -0.05) is 13.0 Å². The minimum atomic E-state index is -0.150. The van der Waals surface area contributed by atoms with E-state index in [1.165, 1.54) is 12.0 Å². The number of aromatic amines is 1. The first kappa shape index (κ1) is 19.9. The van der Waals surface area contributed by atoms with Gasteiger partial charge in [0.2, 0.25) is 0 Å². The van der Waals surface area contributed by atoms with E-state index in [2.05, 4.69) is 37.3 Å². The zero-order chi connectivity index (χ0) is 21.6. The van der Waals surface area contributed by atoms with Crippen LogP contribution in [0.3, 0.4) is 0 Å². The Bertz CT molecular complexity index is 1200. The van der Waals surface area contributed by atoms with Crippen molar-refractivity contribution in [3.63, 3.8) is 0 Å². The SMILES string of the molecule is CCc1cc2ncc(CN3CCC4(c5ccc(C(=O)NC)nc5)CC4C3)cc2[nH]c1=O. The van der Waals surface area contributed by atoms with Crippen LogP contribution in [0, 0.1) is 5.92 Å². The molecule has 4 heterocycles. The smallest absolute Gasteiger partial charge is 0.269 e. The number of amides is 1. The summed E-state index contributed by atoms with van der Waals surface area (Å²) in [5.74, 6) is 0.469. The highest BCUT2D eigenvalue weighted by molar-refractivity contribution is 5.91. The molecule has 0 aromatic carbocycles. The summed E-state index contributed by atoms with van der Waals surface area (Å²) < 4.78 is 0. The normalized spacial score (nSPS) is 22.8. The third-order valence-corrected chi connectivity index (χ3v) is 7.00. The van der Waals surface area contributed by atoms with Crippen LogP contribution in [-0.4, -0.2) is 45.9 Å². The monoisotopic (exact) mass is 417 g/mol. The van der Waals surface area contributed by atoms with Crippen molar-refractivity contribution in [2.24, 2.45) is 5.92 Å². The van der Waals surface area contributed by atoms with E-state index in [-0.39, 0.29) is 16.9 Å². The Labute approximate surface area is 180 Å². The van der Waals surface area contributed by atoms with E-state index in [9.17, 15) is 9.59 Å². The number of nitrogens with zero attached hydrogens (tertiary/aromatic N) is 3. The molecule has 1 saturated heterocycles. The lowest BCUT2D eigenvalue weighted by Gasteiger charge is -2.31. The number of hydrogen-bond donors (Lipinski definition) is 2. The molecule has 0 spiro atoms. The molecule has 31 heavy (non-hydrogen) atoms. The van der Waals surface area contributed by atoms with Gasteiger partial charge >= 0.3 is 0 Å². The van der Waals surface area contributed by atoms with E-state index in [0.717, 1.165) is 48.2 Å². The number of carbonyl (C=O) groups excluding carboxylic acids is 1. The number of pyridine rings is 3. The number of carbonyl (C=O) groups is 1. The fourth-order valence-electron chi connectivity index (χ4n) is 5.05. The summed E-state index contributed by atoms with van der Waals surface area (Å²) in [6.45, 7) is 4.86. The Morgan fingerprint density at radius 3 is 2.87 bits per heavy atom. The van der Waals surface area contributed by atoms with Gasteiger partial charge in [-0.25, -0.2) is 0 Å². The van der Waals surface area contributed by atoms with Crippen LogP contribution in [0.2, 0.25) is 0 Å². The summed E-state index contributed by atoms with van der Waals surface area (Å²) in [4.78, 5) is 38.3. The predicted octanol–water partition coefficient (Wildman–Crippen LogP) is 2.40. The maximum atomic E-state index is 12.1. The van der Waals surface area contributed by atoms with Crippen molar-refractivity contribution in [1.29, 1.82) is 0 Å². The first-order valence-corrected chi connectivity index (χ1v) is 10.9. The number of likely N-dealkylation sites (tertiary alicyclic amines) is 1. The molecule has 5 rings (SSSR count). The Hall–Kier alpha value is -3.06. The topological polar surface area (TPSA) is 91.0 Å². The van der Waals surface area contributed by atoms with Crippen molar-refractivity contribution in [1.82, 2.24) is 25.2 Å². The van der Waals surface area contributed by atoms with E-state index in [1.54, 1.807) is 7.05 Å². The molecule has 7 heteroatoms. The lowest BCUT2D eigenvalue weighted by molar-refractivity contribution is 0.0958. The minimum Gasteiger partial charge on any atom is -0.354 e. The van der Waals surface area contributed by atoms with E-state index in [0.29, 0.717) is 18.0 Å². The van der Waals surface area contributed by atoms with Gasteiger partial charge in [-0.05, 0) is 61.1 Å². The molecule has 0 radical (unpaired) electrons. The predicted molar refractivity (Wildman–Crippen MR) is 119 cm³/mol. The van der Waals surface area contributed by atoms with Crippen LogP contribution in [-0.2, 0) is 18.4 Å². The highest BCUT2D eigenvalue weighted by Gasteiger charge is 2.57. The second-order valence-corrected chi connectivity index (χ2v) is 8.81. The van der Waals surface area contributed by atoms with Crippen LogP contribution in [0.4, 0.5) is 0 Å². The molecule has 160 valence electrons. The van der Waals surface area contributed by atoms with Gasteiger partial charge in [-0.15, -0.1) is 0 Å². The summed E-state index contributed by atoms with van der Waals surface area (Å²) in [7, 11) is 1.62. The Kier molecular flexibility index (Phi) is 4.85.